The van der Waals surface area contributed by atoms with E-state index in [-0.39, 0.29) is 6.70 Å². The second-order valence-corrected chi connectivity index (χ2v) is 17.4. The molecular formula is C40H82PS+. The van der Waals surface area contributed by atoms with Crippen molar-refractivity contribution in [2.75, 3.05) is 12.3 Å². The molecule has 0 saturated carbocycles. The van der Waals surface area contributed by atoms with Crippen LogP contribution in [0.1, 0.15) is 245 Å². The Morgan fingerprint density at radius 3 is 0.548 bits per heavy atom. The Morgan fingerprint density at radius 2 is 0.381 bits per heavy atom. The van der Waals surface area contributed by atoms with Gasteiger partial charge in [0.25, 0.3) is 0 Å². The van der Waals surface area contributed by atoms with E-state index >= 15 is 0 Å². The van der Waals surface area contributed by atoms with Gasteiger partial charge in [-0.3, -0.25) is 0 Å². The largest absolute Gasteiger partial charge is 0.175 e. The van der Waals surface area contributed by atoms with E-state index in [0.29, 0.717) is 0 Å². The molecule has 0 bridgehead atoms. The summed E-state index contributed by atoms with van der Waals surface area (Å²) in [5, 5.41) is 0. The maximum Gasteiger partial charge on any atom is 0.175 e. The second-order valence-electron chi connectivity index (χ2n) is 13.9. The maximum absolute atomic E-state index is 5.83. The average Bonchev–Trinajstić information content (AvgIpc) is 3.00. The fraction of sp³-hybridized carbons (Fsp3) is 1.00. The molecule has 0 aromatic heterocycles. The van der Waals surface area contributed by atoms with Gasteiger partial charge in [-0.15, -0.1) is 0 Å². The fourth-order valence-electron chi connectivity index (χ4n) is 6.49. The molecule has 0 aliphatic carbocycles. The number of rotatable bonds is 38. The highest BCUT2D eigenvalue weighted by molar-refractivity contribution is 8.05. The predicted molar refractivity (Wildman–Crippen MR) is 202 cm³/mol. The summed E-state index contributed by atoms with van der Waals surface area (Å²) in [4.78, 5) is 0. The first-order chi connectivity index (χ1) is 20.8. The Labute approximate surface area is 275 Å². The summed E-state index contributed by atoms with van der Waals surface area (Å²) >= 11 is 5.83. The summed E-state index contributed by atoms with van der Waals surface area (Å²) in [6, 6.07) is 0. The lowest BCUT2D eigenvalue weighted by Crippen LogP contribution is -1.88. The normalized spacial score (nSPS) is 11.5. The van der Waals surface area contributed by atoms with E-state index < -0.39 is 0 Å². The Morgan fingerprint density at radius 1 is 0.238 bits per heavy atom. The van der Waals surface area contributed by atoms with Crippen molar-refractivity contribution in [1.82, 2.24) is 0 Å². The molecule has 0 aliphatic heterocycles. The lowest BCUT2D eigenvalue weighted by Gasteiger charge is -2.04. The molecule has 0 radical (unpaired) electrons. The van der Waals surface area contributed by atoms with Gasteiger partial charge in [-0.1, -0.05) is 219 Å². The van der Waals surface area contributed by atoms with Crippen molar-refractivity contribution in [1.29, 1.82) is 0 Å². The van der Waals surface area contributed by atoms with Gasteiger partial charge >= 0.3 is 0 Å². The average molecular weight is 626 g/mol. The van der Waals surface area contributed by atoms with E-state index in [9.17, 15) is 0 Å². The van der Waals surface area contributed by atoms with Gasteiger partial charge in [0.1, 0.15) is 12.3 Å². The van der Waals surface area contributed by atoms with Crippen molar-refractivity contribution in [3.8, 4) is 0 Å². The Bertz CT molecular complexity index is 448. The van der Waals surface area contributed by atoms with Crippen LogP contribution < -0.4 is 0 Å². The standard InChI is InChI=1S/C40H82PS/c1-3-5-7-9-11-13-15-17-19-21-23-25-27-29-31-33-35-37-39-41(42)40-38-36-34-32-30-28-26-24-22-20-18-16-14-12-10-8-6-4-2/h3-40H2,1-2H3/q+1. The molecule has 0 unspecified atom stereocenters. The molecule has 0 amide bonds. The highest BCUT2D eigenvalue weighted by atomic mass is 32.4. The molecule has 0 N–H and O–H groups in total. The van der Waals surface area contributed by atoms with Gasteiger partial charge in [-0.25, -0.2) is 0 Å². The van der Waals surface area contributed by atoms with Crippen LogP contribution in [-0.2, 0) is 11.8 Å². The third-order valence-corrected chi connectivity index (χ3v) is 12.2. The van der Waals surface area contributed by atoms with Crippen LogP contribution >= 0.6 is 6.70 Å². The Hall–Kier alpha value is 0.520. The smallest absolute Gasteiger partial charge is 0.0654 e. The molecule has 0 heterocycles. The zero-order valence-corrected chi connectivity index (χ0v) is 31.4. The second kappa shape index (κ2) is 39.5. The van der Waals surface area contributed by atoms with E-state index in [2.05, 4.69) is 13.8 Å². The molecule has 0 nitrogen and oxygen atoms in total. The summed E-state index contributed by atoms with van der Waals surface area (Å²) in [6.45, 7) is 4.53. The molecule has 0 fully saturated rings. The van der Waals surface area contributed by atoms with E-state index in [1.165, 1.54) is 243 Å². The monoisotopic (exact) mass is 626 g/mol. The number of hydrogen-bond acceptors (Lipinski definition) is 1. The summed E-state index contributed by atoms with van der Waals surface area (Å²) < 4.78 is 0. The lowest BCUT2D eigenvalue weighted by atomic mass is 10.0. The van der Waals surface area contributed by atoms with Crippen molar-refractivity contribution in [3.63, 3.8) is 0 Å². The quantitative estimate of drug-likeness (QED) is 0.0486. The van der Waals surface area contributed by atoms with Crippen LogP contribution in [0.4, 0.5) is 0 Å². The minimum absolute atomic E-state index is 0.0861. The van der Waals surface area contributed by atoms with Crippen LogP contribution in [0.2, 0.25) is 0 Å². The molecule has 0 spiro atoms. The molecule has 0 aliphatic rings. The number of hydrogen-bond donors (Lipinski definition) is 0. The van der Waals surface area contributed by atoms with Crippen LogP contribution in [0.25, 0.3) is 0 Å². The van der Waals surface area contributed by atoms with Gasteiger partial charge in [0.05, 0.1) is 0 Å². The van der Waals surface area contributed by atoms with Crippen LogP contribution in [0, 0.1) is 0 Å². The van der Waals surface area contributed by atoms with E-state index in [1.54, 1.807) is 0 Å². The molecule has 0 aromatic carbocycles. The van der Waals surface area contributed by atoms with Crippen molar-refractivity contribution in [2.24, 2.45) is 0 Å². The molecule has 42 heavy (non-hydrogen) atoms. The summed E-state index contributed by atoms with van der Waals surface area (Å²) in [5.41, 5.74) is 0. The molecule has 0 atom stereocenters. The third-order valence-electron chi connectivity index (χ3n) is 9.52. The van der Waals surface area contributed by atoms with Crippen LogP contribution in [0.5, 0.6) is 0 Å². The third kappa shape index (κ3) is 38.5. The summed E-state index contributed by atoms with van der Waals surface area (Å²) in [5.74, 6) is 0. The first-order valence-electron chi connectivity index (χ1n) is 20.2. The van der Waals surface area contributed by atoms with Crippen molar-refractivity contribution >= 4 is 18.5 Å². The molecule has 0 aromatic rings. The first kappa shape index (κ1) is 42.5. The van der Waals surface area contributed by atoms with Gasteiger partial charge in [0.2, 0.25) is 0 Å². The molecule has 2 heteroatoms. The van der Waals surface area contributed by atoms with Crippen molar-refractivity contribution in [2.45, 2.75) is 245 Å². The van der Waals surface area contributed by atoms with Gasteiger partial charge < -0.3 is 0 Å². The van der Waals surface area contributed by atoms with Crippen LogP contribution in [-0.4, -0.2) is 12.3 Å². The summed E-state index contributed by atoms with van der Waals surface area (Å²) in [6.07, 6.45) is 55.4. The highest BCUT2D eigenvalue weighted by Crippen LogP contribution is 2.26. The van der Waals surface area contributed by atoms with E-state index in [0.717, 1.165) is 0 Å². The van der Waals surface area contributed by atoms with Crippen molar-refractivity contribution < 1.29 is 0 Å². The first-order valence-corrected chi connectivity index (χ1v) is 23.0. The maximum atomic E-state index is 5.83. The van der Waals surface area contributed by atoms with E-state index in [1.807, 2.05) is 0 Å². The summed E-state index contributed by atoms with van der Waals surface area (Å²) in [7, 11) is 0. The van der Waals surface area contributed by atoms with Crippen LogP contribution in [0.3, 0.4) is 0 Å². The Kier molecular flexibility index (Phi) is 40.0. The highest BCUT2D eigenvalue weighted by Gasteiger charge is 2.08. The van der Waals surface area contributed by atoms with Crippen molar-refractivity contribution in [3.05, 3.63) is 0 Å². The topological polar surface area (TPSA) is 0 Å². The predicted octanol–water partition coefficient (Wildman–Crippen LogP) is 16.0. The van der Waals surface area contributed by atoms with Gasteiger partial charge in [0, 0.05) is 0 Å². The Balaban J connectivity index is 3.14. The lowest BCUT2D eigenvalue weighted by molar-refractivity contribution is 0.526. The minimum Gasteiger partial charge on any atom is -0.0654 e. The molecule has 0 rings (SSSR count). The molecule has 0 saturated heterocycles. The molecular weight excluding hydrogens is 543 g/mol. The SMILES string of the molecule is CCCCCCCCCCCCCCCCCCCC[P+](=S)CCCCCCCCCCCCCCCCCCCC. The zero-order chi connectivity index (χ0) is 30.4. The fourth-order valence-corrected chi connectivity index (χ4v) is 8.64. The van der Waals surface area contributed by atoms with Gasteiger partial charge in [-0.2, -0.15) is 0 Å². The zero-order valence-electron chi connectivity index (χ0n) is 29.7. The van der Waals surface area contributed by atoms with E-state index in [4.69, 9.17) is 11.8 Å². The van der Waals surface area contributed by atoms with Crippen LogP contribution in [0.15, 0.2) is 0 Å². The minimum atomic E-state index is -0.0861. The van der Waals surface area contributed by atoms with Gasteiger partial charge in [-0.05, 0) is 25.7 Å². The molecule has 252 valence electrons. The number of unbranched alkanes of at least 4 members (excludes halogenated alkanes) is 34. The van der Waals surface area contributed by atoms with Gasteiger partial charge in [0.15, 0.2) is 18.5 Å².